The summed E-state index contributed by atoms with van der Waals surface area (Å²) in [6, 6.07) is 2.58. The summed E-state index contributed by atoms with van der Waals surface area (Å²) < 4.78 is 4.80. The third-order valence-electron chi connectivity index (χ3n) is 1.75. The molecule has 1 heterocycles. The summed E-state index contributed by atoms with van der Waals surface area (Å²) in [5.41, 5.74) is 2.23. The molecule has 0 saturated heterocycles. The van der Waals surface area contributed by atoms with E-state index in [0.717, 1.165) is 0 Å². The number of nitrogens with one attached hydrogen (secondary N) is 2. The summed E-state index contributed by atoms with van der Waals surface area (Å²) in [5.74, 6) is -0.536. The molecule has 0 spiro atoms. The average molecular weight is 252 g/mol. The minimum atomic E-state index is -0.658. The van der Waals surface area contributed by atoms with Crippen molar-refractivity contribution < 1.29 is 14.1 Å². The van der Waals surface area contributed by atoms with Crippen LogP contribution in [0, 0.1) is 10.1 Å². The van der Waals surface area contributed by atoms with Crippen LogP contribution in [0.3, 0.4) is 0 Å². The Hall–Kier alpha value is -2.48. The van der Waals surface area contributed by atoms with Crippen molar-refractivity contribution >= 4 is 18.0 Å². The third-order valence-corrected chi connectivity index (χ3v) is 1.75. The number of amides is 1. The Morgan fingerprint density at radius 2 is 2.39 bits per heavy atom. The third kappa shape index (κ3) is 4.58. The molecule has 0 bridgehead atoms. The fraction of sp³-hybridized carbons (Fsp3) is 0.200. The molecule has 0 aliphatic heterocycles. The van der Waals surface area contributed by atoms with Gasteiger partial charge in [0.2, 0.25) is 0 Å². The number of hydrogen-bond acceptors (Lipinski definition) is 6. The van der Waals surface area contributed by atoms with Crippen LogP contribution in [0.5, 0.6) is 0 Å². The molecule has 1 aromatic heterocycles. The summed E-state index contributed by atoms with van der Waals surface area (Å²) in [4.78, 5) is 20.8. The number of nitro groups is 1. The molecule has 0 saturated carbocycles. The Balaban J connectivity index is 2.37. The van der Waals surface area contributed by atoms with Crippen LogP contribution in [0.25, 0.3) is 0 Å². The molecule has 0 unspecified atom stereocenters. The lowest BCUT2D eigenvalue weighted by atomic mass is 10.5. The molecule has 1 rings (SSSR count). The van der Waals surface area contributed by atoms with Crippen molar-refractivity contribution in [1.82, 2.24) is 10.7 Å². The Morgan fingerprint density at radius 3 is 3.00 bits per heavy atom. The molecule has 0 fully saturated rings. The van der Waals surface area contributed by atoms with Gasteiger partial charge in [-0.25, -0.2) is 5.43 Å². The van der Waals surface area contributed by atoms with Crippen LogP contribution in [0.1, 0.15) is 5.76 Å². The van der Waals surface area contributed by atoms with Gasteiger partial charge in [-0.05, 0) is 6.07 Å². The van der Waals surface area contributed by atoms with E-state index in [4.69, 9.17) is 4.42 Å². The molecular formula is C10H12N4O4. The van der Waals surface area contributed by atoms with Gasteiger partial charge in [-0.2, -0.15) is 5.10 Å². The Morgan fingerprint density at radius 1 is 1.61 bits per heavy atom. The monoisotopic (exact) mass is 252 g/mol. The summed E-state index contributed by atoms with van der Waals surface area (Å²) in [6.07, 6.45) is 2.80. The van der Waals surface area contributed by atoms with Crippen LogP contribution in [0.4, 0.5) is 5.88 Å². The Kier molecular flexibility index (Phi) is 5.26. The van der Waals surface area contributed by atoms with Gasteiger partial charge in [-0.3, -0.25) is 14.9 Å². The summed E-state index contributed by atoms with van der Waals surface area (Å²) in [6.45, 7) is 4.10. The van der Waals surface area contributed by atoms with E-state index in [0.29, 0.717) is 6.54 Å². The predicted octanol–water partition coefficient (Wildman–Crippen LogP) is 0.414. The van der Waals surface area contributed by atoms with Crippen LogP contribution in [0.15, 0.2) is 34.3 Å². The van der Waals surface area contributed by atoms with Gasteiger partial charge in [-0.15, -0.1) is 6.58 Å². The zero-order valence-corrected chi connectivity index (χ0v) is 9.46. The summed E-state index contributed by atoms with van der Waals surface area (Å²) >= 11 is 0. The second-order valence-electron chi connectivity index (χ2n) is 3.15. The maximum absolute atomic E-state index is 11.2. The molecule has 1 amide bonds. The first-order valence-electron chi connectivity index (χ1n) is 5.01. The van der Waals surface area contributed by atoms with Crippen LogP contribution >= 0.6 is 0 Å². The van der Waals surface area contributed by atoms with E-state index in [1.54, 1.807) is 6.08 Å². The van der Waals surface area contributed by atoms with Crippen LogP contribution in [-0.2, 0) is 4.79 Å². The quantitative estimate of drug-likeness (QED) is 0.240. The fourth-order valence-electron chi connectivity index (χ4n) is 1.00. The highest BCUT2D eigenvalue weighted by molar-refractivity contribution is 5.81. The fourth-order valence-corrected chi connectivity index (χ4v) is 1.00. The van der Waals surface area contributed by atoms with Gasteiger partial charge in [0.1, 0.15) is 4.92 Å². The van der Waals surface area contributed by atoms with E-state index < -0.39 is 4.92 Å². The first kappa shape index (κ1) is 13.6. The maximum Gasteiger partial charge on any atom is 0.433 e. The topological polar surface area (TPSA) is 110 Å². The molecule has 0 atom stereocenters. The number of carbonyl (C=O) groups excluding carboxylic acids is 1. The minimum Gasteiger partial charge on any atom is -0.400 e. The molecule has 1 aromatic rings. The largest absolute Gasteiger partial charge is 0.433 e. The smallest absolute Gasteiger partial charge is 0.400 e. The SMILES string of the molecule is C=CCNCC(=O)N/N=C/c1ccc([N+](=O)[O-])o1. The molecule has 8 heteroatoms. The molecule has 2 N–H and O–H groups in total. The van der Waals surface area contributed by atoms with Crippen molar-refractivity contribution in [2.24, 2.45) is 5.10 Å². The molecule has 18 heavy (non-hydrogen) atoms. The highest BCUT2D eigenvalue weighted by atomic mass is 16.6. The van der Waals surface area contributed by atoms with E-state index in [1.165, 1.54) is 18.3 Å². The van der Waals surface area contributed by atoms with Crippen LogP contribution in [0.2, 0.25) is 0 Å². The lowest BCUT2D eigenvalue weighted by molar-refractivity contribution is -0.402. The van der Waals surface area contributed by atoms with Crippen molar-refractivity contribution in [3.8, 4) is 0 Å². The lowest BCUT2D eigenvalue weighted by Crippen LogP contribution is -2.31. The Bertz CT molecular complexity index is 466. The Labute approximate surface area is 103 Å². The van der Waals surface area contributed by atoms with E-state index in [-0.39, 0.29) is 24.1 Å². The molecule has 0 radical (unpaired) electrons. The van der Waals surface area contributed by atoms with E-state index in [2.05, 4.69) is 22.4 Å². The minimum absolute atomic E-state index is 0.0989. The molecular weight excluding hydrogens is 240 g/mol. The predicted molar refractivity (Wildman–Crippen MR) is 64.2 cm³/mol. The van der Waals surface area contributed by atoms with Gasteiger partial charge in [-0.1, -0.05) is 6.08 Å². The zero-order valence-electron chi connectivity index (χ0n) is 9.46. The summed E-state index contributed by atoms with van der Waals surface area (Å²) in [5, 5.41) is 16.7. The van der Waals surface area contributed by atoms with Gasteiger partial charge in [0, 0.05) is 6.54 Å². The highest BCUT2D eigenvalue weighted by Gasteiger charge is 2.10. The number of furan rings is 1. The van der Waals surface area contributed by atoms with E-state index in [1.807, 2.05) is 0 Å². The van der Waals surface area contributed by atoms with E-state index >= 15 is 0 Å². The van der Waals surface area contributed by atoms with Gasteiger partial charge in [0.05, 0.1) is 18.8 Å². The number of rotatable bonds is 7. The van der Waals surface area contributed by atoms with Crippen molar-refractivity contribution in [2.45, 2.75) is 0 Å². The van der Waals surface area contributed by atoms with Crippen molar-refractivity contribution in [2.75, 3.05) is 13.1 Å². The second kappa shape index (κ2) is 6.97. The van der Waals surface area contributed by atoms with Crippen molar-refractivity contribution in [1.29, 1.82) is 0 Å². The number of nitrogens with zero attached hydrogens (tertiary/aromatic N) is 2. The van der Waals surface area contributed by atoms with Crippen LogP contribution < -0.4 is 10.7 Å². The van der Waals surface area contributed by atoms with Crippen molar-refractivity contribution in [3.63, 3.8) is 0 Å². The molecule has 8 nitrogen and oxygen atoms in total. The lowest BCUT2D eigenvalue weighted by Gasteiger charge is -1.98. The first-order chi connectivity index (χ1) is 8.63. The van der Waals surface area contributed by atoms with E-state index in [9.17, 15) is 14.9 Å². The van der Waals surface area contributed by atoms with Gasteiger partial charge < -0.3 is 9.73 Å². The number of carbonyl (C=O) groups is 1. The number of hydrazone groups is 1. The molecule has 0 aliphatic rings. The average Bonchev–Trinajstić information content (AvgIpc) is 2.78. The molecule has 0 aliphatic carbocycles. The number of hydrogen-bond donors (Lipinski definition) is 2. The zero-order chi connectivity index (χ0) is 13.4. The molecule has 0 aromatic carbocycles. The standard InChI is InChI=1S/C10H12N4O4/c1-2-5-11-7-9(15)13-12-6-8-3-4-10(18-8)14(16)17/h2-4,6,11H,1,5,7H2,(H,13,15)/b12-6+. The van der Waals surface area contributed by atoms with Gasteiger partial charge >= 0.3 is 5.88 Å². The van der Waals surface area contributed by atoms with Gasteiger partial charge in [0.25, 0.3) is 5.91 Å². The maximum atomic E-state index is 11.2. The first-order valence-corrected chi connectivity index (χ1v) is 5.01. The second-order valence-corrected chi connectivity index (χ2v) is 3.15. The summed E-state index contributed by atoms with van der Waals surface area (Å²) in [7, 11) is 0. The van der Waals surface area contributed by atoms with Crippen molar-refractivity contribution in [3.05, 3.63) is 40.7 Å². The van der Waals surface area contributed by atoms with Gasteiger partial charge in [0.15, 0.2) is 5.76 Å². The van der Waals surface area contributed by atoms with Crippen LogP contribution in [-0.4, -0.2) is 30.1 Å². The molecule has 96 valence electrons. The normalized spacial score (nSPS) is 10.4. The highest BCUT2D eigenvalue weighted by Crippen LogP contribution is 2.13.